The zero-order chi connectivity index (χ0) is 12.4. The molecule has 0 atom stereocenters. The molecule has 1 heterocycles. The highest BCUT2D eigenvalue weighted by Gasteiger charge is 2.11. The number of carbonyl (C=O) groups is 1. The largest absolute Gasteiger partial charge is 0.461 e. The number of aryl methyl sites for hydroxylation is 1. The highest BCUT2D eigenvalue weighted by atomic mass is 16.5. The lowest BCUT2D eigenvalue weighted by molar-refractivity contribution is -0.142. The van der Waals surface area contributed by atoms with E-state index < -0.39 is 5.97 Å². The normalized spacial score (nSPS) is 10.5. The third kappa shape index (κ3) is 2.20. The summed E-state index contributed by atoms with van der Waals surface area (Å²) in [5, 5.41) is 0.500. The second-order valence-electron chi connectivity index (χ2n) is 3.74. The van der Waals surface area contributed by atoms with Gasteiger partial charge in [-0.1, -0.05) is 12.1 Å². The van der Waals surface area contributed by atoms with E-state index in [4.69, 9.17) is 9.15 Å². The Morgan fingerprint density at radius 2 is 2.06 bits per heavy atom. The van der Waals surface area contributed by atoms with Crippen LogP contribution < -0.4 is 5.43 Å². The average molecular weight is 232 g/mol. The van der Waals surface area contributed by atoms with E-state index in [1.54, 1.807) is 31.2 Å². The van der Waals surface area contributed by atoms with Gasteiger partial charge in [0.2, 0.25) is 0 Å². The minimum absolute atomic E-state index is 0.0473. The van der Waals surface area contributed by atoms with Crippen LogP contribution in [0.4, 0.5) is 0 Å². The van der Waals surface area contributed by atoms with Gasteiger partial charge in [-0.2, -0.15) is 0 Å². The Morgan fingerprint density at radius 3 is 2.76 bits per heavy atom. The van der Waals surface area contributed by atoms with Crippen LogP contribution in [0, 0.1) is 6.92 Å². The molecule has 0 saturated carbocycles. The maximum Gasteiger partial charge on any atom is 0.302 e. The van der Waals surface area contributed by atoms with Gasteiger partial charge in [0.15, 0.2) is 5.43 Å². The summed E-state index contributed by atoms with van der Waals surface area (Å²) in [5.74, 6) is 0.0620. The molecule has 1 aromatic carbocycles. The molecule has 0 fully saturated rings. The van der Waals surface area contributed by atoms with E-state index in [0.717, 1.165) is 0 Å². The molecule has 88 valence electrons. The second kappa shape index (κ2) is 4.41. The number of fused-ring (bicyclic) bond motifs is 1. The van der Waals surface area contributed by atoms with Gasteiger partial charge < -0.3 is 9.15 Å². The fraction of sp³-hybridized carbons (Fsp3) is 0.231. The summed E-state index contributed by atoms with van der Waals surface area (Å²) in [6.45, 7) is 2.94. The molecule has 2 rings (SSSR count). The molecular formula is C13H12O4. The lowest BCUT2D eigenvalue weighted by Gasteiger charge is -2.06. The van der Waals surface area contributed by atoms with Gasteiger partial charge in [-0.15, -0.1) is 0 Å². The Bertz CT molecular complexity index is 625. The summed E-state index contributed by atoms with van der Waals surface area (Å²) in [4.78, 5) is 22.9. The van der Waals surface area contributed by atoms with E-state index in [0.29, 0.717) is 22.3 Å². The average Bonchev–Trinajstić information content (AvgIpc) is 2.28. The minimum atomic E-state index is -0.419. The Hall–Kier alpha value is -2.10. The van der Waals surface area contributed by atoms with Crippen molar-refractivity contribution >= 4 is 16.9 Å². The van der Waals surface area contributed by atoms with E-state index in [9.17, 15) is 9.59 Å². The van der Waals surface area contributed by atoms with Crippen molar-refractivity contribution in [1.82, 2.24) is 0 Å². The number of para-hydroxylation sites is 1. The number of esters is 1. The first kappa shape index (κ1) is 11.4. The van der Waals surface area contributed by atoms with Crippen molar-refractivity contribution in [1.29, 1.82) is 0 Å². The maximum atomic E-state index is 12.1. The molecule has 1 aromatic heterocycles. The van der Waals surface area contributed by atoms with Crippen LogP contribution in [0.3, 0.4) is 0 Å². The number of ether oxygens (including phenoxy) is 1. The topological polar surface area (TPSA) is 56.5 Å². The third-order valence-corrected chi connectivity index (χ3v) is 2.51. The molecule has 17 heavy (non-hydrogen) atoms. The second-order valence-corrected chi connectivity index (χ2v) is 3.74. The molecule has 0 saturated heterocycles. The van der Waals surface area contributed by atoms with Crippen molar-refractivity contribution in [2.75, 3.05) is 0 Å². The fourth-order valence-corrected chi connectivity index (χ4v) is 1.63. The fourth-order valence-electron chi connectivity index (χ4n) is 1.63. The van der Waals surface area contributed by atoms with Crippen molar-refractivity contribution in [3.8, 4) is 0 Å². The van der Waals surface area contributed by atoms with Gasteiger partial charge in [-0.05, 0) is 19.1 Å². The number of carbonyl (C=O) groups excluding carboxylic acids is 1. The summed E-state index contributed by atoms with van der Waals surface area (Å²) in [6.07, 6.45) is 0. The Balaban J connectivity index is 2.56. The van der Waals surface area contributed by atoms with Gasteiger partial charge in [0, 0.05) is 6.92 Å². The maximum absolute atomic E-state index is 12.1. The Labute approximate surface area is 97.8 Å². The van der Waals surface area contributed by atoms with Crippen molar-refractivity contribution in [3.63, 3.8) is 0 Å². The summed E-state index contributed by atoms with van der Waals surface area (Å²) in [5.41, 5.74) is 0.783. The van der Waals surface area contributed by atoms with Gasteiger partial charge in [-0.25, -0.2) is 0 Å². The first-order chi connectivity index (χ1) is 8.09. The number of hydrogen-bond donors (Lipinski definition) is 0. The van der Waals surface area contributed by atoms with Crippen molar-refractivity contribution < 1.29 is 13.9 Å². The molecule has 0 aliphatic carbocycles. The first-order valence-corrected chi connectivity index (χ1v) is 5.24. The zero-order valence-corrected chi connectivity index (χ0v) is 9.65. The van der Waals surface area contributed by atoms with E-state index in [2.05, 4.69) is 0 Å². The van der Waals surface area contributed by atoms with E-state index in [1.165, 1.54) is 6.92 Å². The molecule has 0 N–H and O–H groups in total. The van der Waals surface area contributed by atoms with Crippen LogP contribution >= 0.6 is 0 Å². The third-order valence-electron chi connectivity index (χ3n) is 2.51. The molecule has 0 bridgehead atoms. The van der Waals surface area contributed by atoms with Crippen molar-refractivity contribution in [3.05, 3.63) is 45.8 Å². The van der Waals surface area contributed by atoms with Crippen LogP contribution in [-0.4, -0.2) is 5.97 Å². The summed E-state index contributed by atoms with van der Waals surface area (Å²) >= 11 is 0. The number of rotatable bonds is 2. The van der Waals surface area contributed by atoms with Crippen LogP contribution in [-0.2, 0) is 16.1 Å². The monoisotopic (exact) mass is 232 g/mol. The molecule has 0 amide bonds. The summed E-state index contributed by atoms with van der Waals surface area (Å²) in [6, 6.07) is 7.00. The Morgan fingerprint density at radius 1 is 1.35 bits per heavy atom. The van der Waals surface area contributed by atoms with Crippen LogP contribution in [0.1, 0.15) is 18.2 Å². The molecule has 0 aliphatic heterocycles. The molecular weight excluding hydrogens is 220 g/mol. The van der Waals surface area contributed by atoms with Crippen molar-refractivity contribution in [2.24, 2.45) is 0 Å². The molecule has 0 spiro atoms. The van der Waals surface area contributed by atoms with Gasteiger partial charge >= 0.3 is 5.97 Å². The minimum Gasteiger partial charge on any atom is -0.461 e. The molecule has 4 nitrogen and oxygen atoms in total. The highest BCUT2D eigenvalue weighted by molar-refractivity contribution is 5.77. The van der Waals surface area contributed by atoms with Crippen molar-refractivity contribution in [2.45, 2.75) is 20.5 Å². The molecule has 4 heteroatoms. The quantitative estimate of drug-likeness (QED) is 0.744. The number of benzene rings is 1. The van der Waals surface area contributed by atoms with E-state index >= 15 is 0 Å². The zero-order valence-electron chi connectivity index (χ0n) is 9.65. The van der Waals surface area contributed by atoms with Gasteiger partial charge in [0.05, 0.1) is 10.9 Å². The van der Waals surface area contributed by atoms with Crippen LogP contribution in [0.5, 0.6) is 0 Å². The smallest absolute Gasteiger partial charge is 0.302 e. The molecule has 0 unspecified atom stereocenters. The van der Waals surface area contributed by atoms with Crippen LogP contribution in [0.2, 0.25) is 0 Å². The van der Waals surface area contributed by atoms with Gasteiger partial charge in [-0.3, -0.25) is 9.59 Å². The molecule has 0 radical (unpaired) electrons. The Kier molecular flexibility index (Phi) is 2.95. The van der Waals surface area contributed by atoms with Crippen LogP contribution in [0.15, 0.2) is 33.5 Å². The molecule has 2 aromatic rings. The van der Waals surface area contributed by atoms with E-state index in [-0.39, 0.29) is 12.0 Å². The highest BCUT2D eigenvalue weighted by Crippen LogP contribution is 2.15. The van der Waals surface area contributed by atoms with Crippen LogP contribution in [0.25, 0.3) is 11.0 Å². The lowest BCUT2D eigenvalue weighted by atomic mass is 10.1. The standard InChI is InChI=1S/C13H12O4/c1-8-11(7-16-9(2)14)13(15)10-5-3-4-6-12(10)17-8/h3-6H,7H2,1-2H3. The molecule has 0 aliphatic rings. The van der Waals surface area contributed by atoms with Gasteiger partial charge in [0.25, 0.3) is 0 Å². The SMILES string of the molecule is CC(=O)OCc1c(C)oc2ccccc2c1=O. The predicted octanol–water partition coefficient (Wildman–Crippen LogP) is 2.16. The lowest BCUT2D eigenvalue weighted by Crippen LogP contribution is -2.14. The first-order valence-electron chi connectivity index (χ1n) is 5.24. The van der Waals surface area contributed by atoms with Gasteiger partial charge in [0.1, 0.15) is 18.0 Å². The predicted molar refractivity (Wildman–Crippen MR) is 62.7 cm³/mol. The summed E-state index contributed by atoms with van der Waals surface area (Å²) in [7, 11) is 0. The summed E-state index contributed by atoms with van der Waals surface area (Å²) < 4.78 is 10.4. The number of hydrogen-bond acceptors (Lipinski definition) is 4. The van der Waals surface area contributed by atoms with E-state index in [1.807, 2.05) is 0 Å².